The first-order valence-electron chi connectivity index (χ1n) is 7.82. The number of carbonyl (C=O) groups excluding carboxylic acids is 1. The Bertz CT molecular complexity index is 587. The minimum atomic E-state index is -3.53. The fourth-order valence-electron chi connectivity index (χ4n) is 2.67. The van der Waals surface area contributed by atoms with Crippen LogP contribution >= 0.6 is 0 Å². The van der Waals surface area contributed by atoms with Crippen LogP contribution in [0.1, 0.15) is 55.8 Å². The summed E-state index contributed by atoms with van der Waals surface area (Å²) in [4.78, 5) is 11.8. The molecule has 1 aliphatic carbocycles. The van der Waals surface area contributed by atoms with Crippen molar-refractivity contribution in [2.45, 2.75) is 56.4 Å². The van der Waals surface area contributed by atoms with Crippen molar-refractivity contribution in [3.63, 3.8) is 0 Å². The van der Waals surface area contributed by atoms with Gasteiger partial charge in [0, 0.05) is 6.04 Å². The smallest absolute Gasteiger partial charge is 0.338 e. The standard InChI is InChI=1S/C16H23NO4S/c1-2-21-16(18)13-9-11-15(12-10-13)22(19,20)17-14-7-5-3-4-6-8-14/h9-12,14,17H,2-8H2,1H3. The van der Waals surface area contributed by atoms with Crippen LogP contribution < -0.4 is 4.72 Å². The average molecular weight is 325 g/mol. The number of hydrogen-bond acceptors (Lipinski definition) is 4. The van der Waals surface area contributed by atoms with E-state index in [2.05, 4.69) is 4.72 Å². The zero-order valence-corrected chi connectivity index (χ0v) is 13.7. The lowest BCUT2D eigenvalue weighted by atomic mass is 10.1. The van der Waals surface area contributed by atoms with E-state index in [9.17, 15) is 13.2 Å². The van der Waals surface area contributed by atoms with E-state index in [4.69, 9.17) is 4.74 Å². The molecule has 2 rings (SSSR count). The first-order valence-corrected chi connectivity index (χ1v) is 9.31. The van der Waals surface area contributed by atoms with Gasteiger partial charge in [0.1, 0.15) is 0 Å². The summed E-state index contributed by atoms with van der Waals surface area (Å²) in [6.45, 7) is 2.02. The minimum absolute atomic E-state index is 0.0113. The Morgan fingerprint density at radius 3 is 2.27 bits per heavy atom. The predicted octanol–water partition coefficient (Wildman–Crippen LogP) is 2.86. The van der Waals surface area contributed by atoms with Crippen LogP contribution in [0.15, 0.2) is 29.2 Å². The van der Waals surface area contributed by atoms with E-state index >= 15 is 0 Å². The summed E-state index contributed by atoms with van der Waals surface area (Å²) in [6, 6.07) is 5.88. The first-order chi connectivity index (χ1) is 10.5. The molecule has 1 aromatic rings. The van der Waals surface area contributed by atoms with Crippen molar-refractivity contribution in [2.75, 3.05) is 6.61 Å². The van der Waals surface area contributed by atoms with Gasteiger partial charge in [-0.1, -0.05) is 25.7 Å². The lowest BCUT2D eigenvalue weighted by Gasteiger charge is -2.16. The van der Waals surface area contributed by atoms with Gasteiger partial charge in [-0.15, -0.1) is 0 Å². The molecule has 0 spiro atoms. The highest BCUT2D eigenvalue weighted by Crippen LogP contribution is 2.20. The Kier molecular flexibility index (Phi) is 5.97. The van der Waals surface area contributed by atoms with Gasteiger partial charge in [0.15, 0.2) is 0 Å². The second-order valence-corrected chi connectivity index (χ2v) is 7.27. The van der Waals surface area contributed by atoms with Gasteiger partial charge in [0.05, 0.1) is 17.1 Å². The summed E-state index contributed by atoms with van der Waals surface area (Å²) >= 11 is 0. The maximum Gasteiger partial charge on any atom is 0.338 e. The topological polar surface area (TPSA) is 72.5 Å². The van der Waals surface area contributed by atoms with Crippen LogP contribution in [0, 0.1) is 0 Å². The summed E-state index contributed by atoms with van der Waals surface area (Å²) < 4.78 is 32.5. The number of hydrogen-bond donors (Lipinski definition) is 1. The van der Waals surface area contributed by atoms with Crippen molar-refractivity contribution in [3.05, 3.63) is 29.8 Å². The van der Waals surface area contributed by atoms with Crippen molar-refractivity contribution in [2.24, 2.45) is 0 Å². The summed E-state index contributed by atoms with van der Waals surface area (Å²) in [5.41, 5.74) is 0.357. The van der Waals surface area contributed by atoms with Gasteiger partial charge in [-0.05, 0) is 44.0 Å². The molecule has 0 bridgehead atoms. The van der Waals surface area contributed by atoms with Crippen molar-refractivity contribution in [1.29, 1.82) is 0 Å². The third-order valence-electron chi connectivity index (χ3n) is 3.85. The zero-order chi connectivity index (χ0) is 16.0. The maximum absolute atomic E-state index is 12.4. The van der Waals surface area contributed by atoms with Crippen LogP contribution in [0.2, 0.25) is 0 Å². The summed E-state index contributed by atoms with van der Waals surface area (Å²) in [5.74, 6) is -0.442. The second-order valence-electron chi connectivity index (χ2n) is 5.55. The molecule has 0 amide bonds. The molecular weight excluding hydrogens is 302 g/mol. The molecule has 22 heavy (non-hydrogen) atoms. The van der Waals surface area contributed by atoms with E-state index in [1.54, 1.807) is 6.92 Å². The number of sulfonamides is 1. The van der Waals surface area contributed by atoms with Gasteiger partial charge in [-0.3, -0.25) is 0 Å². The summed E-state index contributed by atoms with van der Waals surface area (Å²) in [6.07, 6.45) is 6.25. The maximum atomic E-state index is 12.4. The number of carbonyl (C=O) groups is 1. The number of benzene rings is 1. The quantitative estimate of drug-likeness (QED) is 0.667. The number of ether oxygens (including phenoxy) is 1. The van der Waals surface area contributed by atoms with Gasteiger partial charge in [-0.2, -0.15) is 0 Å². The molecule has 1 N–H and O–H groups in total. The van der Waals surface area contributed by atoms with E-state index < -0.39 is 16.0 Å². The van der Waals surface area contributed by atoms with E-state index in [1.165, 1.54) is 37.1 Å². The van der Waals surface area contributed by atoms with E-state index in [0.29, 0.717) is 12.2 Å². The molecule has 1 aromatic carbocycles. The molecule has 0 heterocycles. The minimum Gasteiger partial charge on any atom is -0.462 e. The van der Waals surface area contributed by atoms with Crippen LogP contribution in [0.3, 0.4) is 0 Å². The molecule has 1 fully saturated rings. The van der Waals surface area contributed by atoms with Crippen LogP contribution in [-0.4, -0.2) is 27.0 Å². The molecule has 0 atom stereocenters. The van der Waals surface area contributed by atoms with Crippen LogP contribution in [-0.2, 0) is 14.8 Å². The van der Waals surface area contributed by atoms with E-state index in [0.717, 1.165) is 25.7 Å². The molecule has 5 nitrogen and oxygen atoms in total. The highest BCUT2D eigenvalue weighted by Gasteiger charge is 2.21. The molecule has 0 aliphatic heterocycles. The lowest BCUT2D eigenvalue weighted by Crippen LogP contribution is -2.34. The first kappa shape index (κ1) is 17.0. The Morgan fingerprint density at radius 2 is 1.73 bits per heavy atom. The molecule has 0 radical (unpaired) electrons. The molecule has 0 unspecified atom stereocenters. The molecule has 1 saturated carbocycles. The Labute approximate surface area is 132 Å². The monoisotopic (exact) mass is 325 g/mol. The number of esters is 1. The average Bonchev–Trinajstić information content (AvgIpc) is 2.76. The van der Waals surface area contributed by atoms with Crippen molar-refractivity contribution in [3.8, 4) is 0 Å². The van der Waals surface area contributed by atoms with Crippen molar-refractivity contribution in [1.82, 2.24) is 4.72 Å². The van der Waals surface area contributed by atoms with Crippen LogP contribution in [0.4, 0.5) is 0 Å². The van der Waals surface area contributed by atoms with Crippen molar-refractivity contribution < 1.29 is 17.9 Å². The van der Waals surface area contributed by atoms with Crippen molar-refractivity contribution >= 4 is 16.0 Å². The van der Waals surface area contributed by atoms with Gasteiger partial charge in [-0.25, -0.2) is 17.9 Å². The number of rotatable bonds is 5. The normalized spacial score (nSPS) is 17.0. The summed E-state index contributed by atoms with van der Waals surface area (Å²) in [7, 11) is -3.53. The Balaban J connectivity index is 2.07. The fraction of sp³-hybridized carbons (Fsp3) is 0.562. The third kappa shape index (κ3) is 4.55. The Morgan fingerprint density at radius 1 is 1.14 bits per heavy atom. The molecule has 6 heteroatoms. The van der Waals surface area contributed by atoms with E-state index in [1.807, 2.05) is 0 Å². The van der Waals surface area contributed by atoms with Gasteiger partial charge in [0.25, 0.3) is 0 Å². The largest absolute Gasteiger partial charge is 0.462 e. The highest BCUT2D eigenvalue weighted by molar-refractivity contribution is 7.89. The molecular formula is C16H23NO4S. The van der Waals surface area contributed by atoms with E-state index in [-0.39, 0.29) is 10.9 Å². The molecule has 0 saturated heterocycles. The molecule has 1 aliphatic rings. The fourth-order valence-corrected chi connectivity index (χ4v) is 3.97. The predicted molar refractivity (Wildman–Crippen MR) is 84.2 cm³/mol. The SMILES string of the molecule is CCOC(=O)c1ccc(S(=O)(=O)NC2CCCCCC2)cc1. The molecule has 122 valence electrons. The zero-order valence-electron chi connectivity index (χ0n) is 12.9. The highest BCUT2D eigenvalue weighted by atomic mass is 32.2. The summed E-state index contributed by atoms with van der Waals surface area (Å²) in [5, 5.41) is 0. The number of nitrogens with one attached hydrogen (secondary N) is 1. The third-order valence-corrected chi connectivity index (χ3v) is 5.39. The van der Waals surface area contributed by atoms with Crippen LogP contribution in [0.5, 0.6) is 0 Å². The Hall–Kier alpha value is -1.40. The second kappa shape index (κ2) is 7.74. The van der Waals surface area contributed by atoms with Crippen LogP contribution in [0.25, 0.3) is 0 Å². The van der Waals surface area contributed by atoms with Gasteiger partial charge < -0.3 is 4.74 Å². The van der Waals surface area contributed by atoms with Gasteiger partial charge >= 0.3 is 5.97 Å². The molecule has 0 aromatic heterocycles. The van der Waals surface area contributed by atoms with Gasteiger partial charge in [0.2, 0.25) is 10.0 Å². The lowest BCUT2D eigenvalue weighted by molar-refractivity contribution is 0.0526.